The predicted octanol–water partition coefficient (Wildman–Crippen LogP) is 0.659. The van der Waals surface area contributed by atoms with Gasteiger partial charge in [0.25, 0.3) is 0 Å². The lowest BCUT2D eigenvalue weighted by Gasteiger charge is -1.81. The van der Waals surface area contributed by atoms with Crippen molar-refractivity contribution in [2.24, 2.45) is 5.50 Å². The second-order valence-corrected chi connectivity index (χ2v) is 2.72. The van der Waals surface area contributed by atoms with Crippen molar-refractivity contribution in [2.75, 3.05) is 12.0 Å². The van der Waals surface area contributed by atoms with Crippen LogP contribution in [0.4, 0.5) is 0 Å². The van der Waals surface area contributed by atoms with Crippen LogP contribution < -0.4 is 5.50 Å². The van der Waals surface area contributed by atoms with Gasteiger partial charge in [-0.15, -0.1) is 11.6 Å². The first-order valence-corrected chi connectivity index (χ1v) is 3.84. The molecular formula is C2H7ClNOP. The maximum absolute atomic E-state index is 9.92. The number of hydrogen-bond donors (Lipinski definition) is 1. The monoisotopic (exact) mass is 127 g/mol. The molecule has 0 saturated heterocycles. The molecule has 6 heavy (non-hydrogen) atoms. The standard InChI is InChI=1S/C2H7ClNOP/c3-1-2-6(4)5/h6H,1-2H2,(H2,4,5). The van der Waals surface area contributed by atoms with E-state index < -0.39 is 7.95 Å². The van der Waals surface area contributed by atoms with Crippen LogP contribution in [0, 0.1) is 0 Å². The van der Waals surface area contributed by atoms with Gasteiger partial charge in [0.05, 0.1) is 0 Å². The van der Waals surface area contributed by atoms with Crippen molar-refractivity contribution in [2.45, 2.75) is 0 Å². The fraction of sp³-hybridized carbons (Fsp3) is 1.00. The summed E-state index contributed by atoms with van der Waals surface area (Å²) in [6, 6.07) is 0. The van der Waals surface area contributed by atoms with E-state index in [0.29, 0.717) is 12.0 Å². The number of rotatable bonds is 2. The third-order valence-electron chi connectivity index (χ3n) is 0.341. The van der Waals surface area contributed by atoms with Crippen LogP contribution in [0.5, 0.6) is 0 Å². The summed E-state index contributed by atoms with van der Waals surface area (Å²) in [6.45, 7) is 0. The minimum Gasteiger partial charge on any atom is -0.310 e. The molecule has 0 heterocycles. The molecule has 0 aromatic rings. The van der Waals surface area contributed by atoms with Gasteiger partial charge in [0.2, 0.25) is 0 Å². The van der Waals surface area contributed by atoms with Crippen molar-refractivity contribution in [3.05, 3.63) is 0 Å². The van der Waals surface area contributed by atoms with E-state index in [0.717, 1.165) is 0 Å². The Balaban J connectivity index is 2.83. The quantitative estimate of drug-likeness (QED) is 0.437. The van der Waals surface area contributed by atoms with Gasteiger partial charge < -0.3 is 4.57 Å². The molecule has 0 aliphatic heterocycles. The number of nitrogens with two attached hydrogens (primary N) is 1. The Morgan fingerprint density at radius 1 is 1.83 bits per heavy atom. The highest BCUT2D eigenvalue weighted by molar-refractivity contribution is 7.42. The Morgan fingerprint density at radius 3 is 2.33 bits per heavy atom. The molecule has 0 radical (unpaired) electrons. The maximum atomic E-state index is 9.92. The van der Waals surface area contributed by atoms with Crippen molar-refractivity contribution in [1.29, 1.82) is 0 Å². The summed E-state index contributed by atoms with van der Waals surface area (Å²) in [5.74, 6) is 0.411. The van der Waals surface area contributed by atoms with Gasteiger partial charge in [0.1, 0.15) is 7.95 Å². The fourth-order valence-electron chi connectivity index (χ4n) is 0.0931. The Morgan fingerprint density at radius 2 is 2.33 bits per heavy atom. The normalized spacial score (nSPS) is 14.3. The van der Waals surface area contributed by atoms with Crippen molar-refractivity contribution in [3.63, 3.8) is 0 Å². The van der Waals surface area contributed by atoms with Gasteiger partial charge in [-0.2, -0.15) is 0 Å². The van der Waals surface area contributed by atoms with Crippen LogP contribution in [-0.4, -0.2) is 12.0 Å². The molecule has 2 nitrogen and oxygen atoms in total. The molecule has 1 unspecified atom stereocenters. The van der Waals surface area contributed by atoms with E-state index in [2.05, 4.69) is 0 Å². The highest BCUT2D eigenvalue weighted by Gasteiger charge is 1.83. The molecule has 0 fully saturated rings. The lowest BCUT2D eigenvalue weighted by Crippen LogP contribution is -1.84. The molecule has 0 rings (SSSR count). The SMILES string of the molecule is N[PH](=O)CCCl. The van der Waals surface area contributed by atoms with Crippen molar-refractivity contribution >= 4 is 19.6 Å². The molecule has 4 heteroatoms. The third-order valence-corrected chi connectivity index (χ3v) is 1.59. The van der Waals surface area contributed by atoms with E-state index in [1.807, 2.05) is 0 Å². The van der Waals surface area contributed by atoms with Gasteiger partial charge in [0.15, 0.2) is 0 Å². The lowest BCUT2D eigenvalue weighted by atomic mass is 11.0. The van der Waals surface area contributed by atoms with Gasteiger partial charge in [0, 0.05) is 12.0 Å². The maximum Gasteiger partial charge on any atom is 0.134 e. The van der Waals surface area contributed by atoms with E-state index in [4.69, 9.17) is 17.1 Å². The summed E-state index contributed by atoms with van der Waals surface area (Å²) >= 11 is 5.14. The van der Waals surface area contributed by atoms with Crippen LogP contribution in [0.15, 0.2) is 0 Å². The molecule has 0 aromatic heterocycles. The number of halogens is 1. The van der Waals surface area contributed by atoms with E-state index >= 15 is 0 Å². The van der Waals surface area contributed by atoms with Crippen LogP contribution >= 0.6 is 19.6 Å². The first-order chi connectivity index (χ1) is 2.77. The third kappa shape index (κ3) is 4.48. The van der Waals surface area contributed by atoms with Crippen LogP contribution in [0.2, 0.25) is 0 Å². The second-order valence-electron chi connectivity index (χ2n) is 0.905. The second kappa shape index (κ2) is 3.66. The first-order valence-electron chi connectivity index (χ1n) is 1.61. The van der Waals surface area contributed by atoms with Crippen LogP contribution in [0.25, 0.3) is 0 Å². The van der Waals surface area contributed by atoms with E-state index in [1.165, 1.54) is 0 Å². The minimum atomic E-state index is -1.77. The molecular weight excluding hydrogens is 120 g/mol. The van der Waals surface area contributed by atoms with Gasteiger partial charge in [-0.1, -0.05) is 0 Å². The molecule has 0 aliphatic rings. The summed E-state index contributed by atoms with van der Waals surface area (Å²) in [4.78, 5) is 0. The molecule has 1 atom stereocenters. The van der Waals surface area contributed by atoms with Crippen molar-refractivity contribution in [3.8, 4) is 0 Å². The minimum absolute atomic E-state index is 0.411. The number of alkyl halides is 1. The first kappa shape index (κ1) is 6.48. The van der Waals surface area contributed by atoms with E-state index in [-0.39, 0.29) is 0 Å². The van der Waals surface area contributed by atoms with Gasteiger partial charge in [-0.05, 0) is 0 Å². The average Bonchev–Trinajstić information content (AvgIpc) is 1.35. The smallest absolute Gasteiger partial charge is 0.134 e. The van der Waals surface area contributed by atoms with Crippen LogP contribution in [0.1, 0.15) is 0 Å². The zero-order valence-corrected chi connectivity index (χ0v) is 5.03. The van der Waals surface area contributed by atoms with E-state index in [1.54, 1.807) is 0 Å². The van der Waals surface area contributed by atoms with Gasteiger partial charge in [-0.3, -0.25) is 5.50 Å². The lowest BCUT2D eigenvalue weighted by molar-refractivity contribution is 0.589. The predicted molar refractivity (Wildman–Crippen MR) is 28.8 cm³/mol. The van der Waals surface area contributed by atoms with Crippen LogP contribution in [0.3, 0.4) is 0 Å². The number of hydrogen-bond acceptors (Lipinski definition) is 1. The highest BCUT2D eigenvalue weighted by Crippen LogP contribution is 2.05. The summed E-state index contributed by atoms with van der Waals surface area (Å²) in [5.41, 5.74) is 4.86. The molecule has 0 bridgehead atoms. The summed E-state index contributed by atoms with van der Waals surface area (Å²) in [7, 11) is -1.77. The van der Waals surface area contributed by atoms with Crippen molar-refractivity contribution < 1.29 is 4.57 Å². The topological polar surface area (TPSA) is 43.1 Å². The molecule has 2 N–H and O–H groups in total. The Hall–Kier alpha value is 0.480. The summed E-state index contributed by atoms with van der Waals surface area (Å²) < 4.78 is 9.92. The zero-order chi connectivity index (χ0) is 4.99. The Kier molecular flexibility index (Phi) is 3.96. The molecule has 0 aliphatic carbocycles. The Labute approximate surface area is 42.5 Å². The molecule has 0 saturated carbocycles. The van der Waals surface area contributed by atoms with Crippen molar-refractivity contribution in [1.82, 2.24) is 0 Å². The zero-order valence-electron chi connectivity index (χ0n) is 3.28. The molecule has 0 aromatic carbocycles. The molecule has 38 valence electrons. The Bertz CT molecular complexity index is 57.5. The molecule has 0 spiro atoms. The summed E-state index contributed by atoms with van der Waals surface area (Å²) in [6.07, 6.45) is 0.465. The summed E-state index contributed by atoms with van der Waals surface area (Å²) in [5, 5.41) is 0. The highest BCUT2D eigenvalue weighted by atomic mass is 35.5. The van der Waals surface area contributed by atoms with Gasteiger partial charge in [-0.25, -0.2) is 0 Å². The van der Waals surface area contributed by atoms with Gasteiger partial charge >= 0.3 is 0 Å². The average molecular weight is 128 g/mol. The fourth-order valence-corrected chi connectivity index (χ4v) is 0.838. The molecule has 0 amide bonds. The van der Waals surface area contributed by atoms with E-state index in [9.17, 15) is 4.57 Å². The van der Waals surface area contributed by atoms with Crippen LogP contribution in [-0.2, 0) is 4.57 Å². The largest absolute Gasteiger partial charge is 0.310 e.